The molecule has 2 heterocycles. The molecule has 2 rings (SSSR count). The minimum absolute atomic E-state index is 0.593. The average molecular weight is 311 g/mol. The van der Waals surface area contributed by atoms with Crippen molar-refractivity contribution >= 4 is 0 Å². The SMILES string of the molecule is C(CCCCCC1CCCCO1)CCCCC1CCCCO1. The van der Waals surface area contributed by atoms with Crippen LogP contribution < -0.4 is 0 Å². The molecule has 0 saturated carbocycles. The van der Waals surface area contributed by atoms with E-state index in [1.165, 1.54) is 103 Å². The summed E-state index contributed by atoms with van der Waals surface area (Å²) in [6, 6.07) is 0. The molecule has 22 heavy (non-hydrogen) atoms. The first-order valence-corrected chi connectivity index (χ1v) is 10.2. The number of unbranched alkanes of at least 4 members (excludes halogenated alkanes) is 7. The minimum atomic E-state index is 0.593. The number of rotatable bonds is 11. The highest BCUT2D eigenvalue weighted by Crippen LogP contribution is 2.20. The van der Waals surface area contributed by atoms with Crippen molar-refractivity contribution in [3.63, 3.8) is 0 Å². The molecule has 0 aromatic heterocycles. The summed E-state index contributed by atoms with van der Waals surface area (Å²) in [7, 11) is 0. The first kappa shape index (κ1) is 18.3. The fourth-order valence-corrected chi connectivity index (χ4v) is 3.87. The lowest BCUT2D eigenvalue weighted by Crippen LogP contribution is -2.18. The molecule has 0 N–H and O–H groups in total. The van der Waals surface area contributed by atoms with Crippen LogP contribution in [0.1, 0.15) is 103 Å². The van der Waals surface area contributed by atoms with Crippen LogP contribution in [0.15, 0.2) is 0 Å². The Morgan fingerprint density at radius 3 is 1.27 bits per heavy atom. The lowest BCUT2D eigenvalue weighted by Gasteiger charge is -2.22. The Bertz CT molecular complexity index is 216. The predicted octanol–water partition coefficient (Wildman–Crippen LogP) is 6.03. The Labute approximate surface area is 138 Å². The van der Waals surface area contributed by atoms with Gasteiger partial charge in [0.1, 0.15) is 0 Å². The van der Waals surface area contributed by atoms with Crippen LogP contribution in [0, 0.1) is 0 Å². The number of hydrogen-bond acceptors (Lipinski definition) is 2. The van der Waals surface area contributed by atoms with E-state index in [-0.39, 0.29) is 0 Å². The highest BCUT2D eigenvalue weighted by molar-refractivity contribution is 4.64. The molecule has 2 fully saturated rings. The molecule has 2 nitrogen and oxygen atoms in total. The van der Waals surface area contributed by atoms with Crippen LogP contribution in [0.4, 0.5) is 0 Å². The Morgan fingerprint density at radius 2 is 0.909 bits per heavy atom. The normalized spacial score (nSPS) is 26.2. The molecule has 0 amide bonds. The van der Waals surface area contributed by atoms with E-state index in [2.05, 4.69) is 0 Å². The van der Waals surface area contributed by atoms with E-state index in [0.717, 1.165) is 13.2 Å². The molecule has 0 aromatic carbocycles. The lowest BCUT2D eigenvalue weighted by molar-refractivity contribution is 0.00950. The fourth-order valence-electron chi connectivity index (χ4n) is 3.87. The van der Waals surface area contributed by atoms with Crippen molar-refractivity contribution in [2.45, 2.75) is 115 Å². The second-order valence-corrected chi connectivity index (χ2v) is 7.38. The Kier molecular flexibility index (Phi) is 10.3. The van der Waals surface area contributed by atoms with Gasteiger partial charge in [0.05, 0.1) is 12.2 Å². The van der Waals surface area contributed by atoms with Crippen LogP contribution in [0.2, 0.25) is 0 Å². The summed E-state index contributed by atoms with van der Waals surface area (Å²) in [4.78, 5) is 0. The topological polar surface area (TPSA) is 18.5 Å². The Morgan fingerprint density at radius 1 is 0.500 bits per heavy atom. The van der Waals surface area contributed by atoms with Crippen molar-refractivity contribution in [1.29, 1.82) is 0 Å². The van der Waals surface area contributed by atoms with Gasteiger partial charge in [-0.2, -0.15) is 0 Å². The van der Waals surface area contributed by atoms with Crippen molar-refractivity contribution in [1.82, 2.24) is 0 Å². The van der Waals surface area contributed by atoms with Crippen molar-refractivity contribution in [2.75, 3.05) is 13.2 Å². The van der Waals surface area contributed by atoms with Gasteiger partial charge in [0.15, 0.2) is 0 Å². The minimum Gasteiger partial charge on any atom is -0.378 e. The van der Waals surface area contributed by atoms with E-state index in [0.29, 0.717) is 12.2 Å². The van der Waals surface area contributed by atoms with Crippen LogP contribution in [0.3, 0.4) is 0 Å². The van der Waals surface area contributed by atoms with Gasteiger partial charge in [-0.3, -0.25) is 0 Å². The summed E-state index contributed by atoms with van der Waals surface area (Å²) in [6.07, 6.45) is 23.1. The first-order valence-electron chi connectivity index (χ1n) is 10.2. The molecule has 130 valence electrons. The van der Waals surface area contributed by atoms with Crippen LogP contribution in [-0.2, 0) is 9.47 Å². The third-order valence-corrected chi connectivity index (χ3v) is 5.35. The zero-order chi connectivity index (χ0) is 15.3. The molecule has 0 spiro atoms. The molecule has 0 aromatic rings. The van der Waals surface area contributed by atoms with Gasteiger partial charge < -0.3 is 9.47 Å². The van der Waals surface area contributed by atoms with E-state index < -0.39 is 0 Å². The molecule has 0 aliphatic carbocycles. The van der Waals surface area contributed by atoms with Gasteiger partial charge in [0.25, 0.3) is 0 Å². The van der Waals surface area contributed by atoms with Gasteiger partial charge in [0, 0.05) is 13.2 Å². The first-order chi connectivity index (χ1) is 10.9. The quantitative estimate of drug-likeness (QED) is 0.434. The van der Waals surface area contributed by atoms with Crippen LogP contribution in [0.25, 0.3) is 0 Å². The maximum atomic E-state index is 5.79. The second kappa shape index (κ2) is 12.4. The summed E-state index contributed by atoms with van der Waals surface area (Å²) in [5, 5.41) is 0. The monoisotopic (exact) mass is 310 g/mol. The van der Waals surface area contributed by atoms with Crippen LogP contribution in [0.5, 0.6) is 0 Å². The Balaban J connectivity index is 1.28. The van der Waals surface area contributed by atoms with Gasteiger partial charge in [-0.25, -0.2) is 0 Å². The molecule has 2 aliphatic rings. The van der Waals surface area contributed by atoms with Gasteiger partial charge in [0.2, 0.25) is 0 Å². The summed E-state index contributed by atoms with van der Waals surface area (Å²) in [6.45, 7) is 2.02. The van der Waals surface area contributed by atoms with E-state index >= 15 is 0 Å². The second-order valence-electron chi connectivity index (χ2n) is 7.38. The molecule has 2 aliphatic heterocycles. The molecular weight excluding hydrogens is 272 g/mol. The number of hydrogen-bond donors (Lipinski definition) is 0. The van der Waals surface area contributed by atoms with Gasteiger partial charge in [-0.1, -0.05) is 51.4 Å². The zero-order valence-corrected chi connectivity index (χ0v) is 14.7. The summed E-state index contributed by atoms with van der Waals surface area (Å²) < 4.78 is 11.6. The van der Waals surface area contributed by atoms with Crippen LogP contribution in [-0.4, -0.2) is 25.4 Å². The van der Waals surface area contributed by atoms with Crippen molar-refractivity contribution in [3.8, 4) is 0 Å². The molecular formula is C20H38O2. The van der Waals surface area contributed by atoms with E-state index in [9.17, 15) is 0 Å². The molecule has 2 saturated heterocycles. The van der Waals surface area contributed by atoms with E-state index in [1.54, 1.807) is 0 Å². The smallest absolute Gasteiger partial charge is 0.0575 e. The number of ether oxygens (including phenoxy) is 2. The molecule has 0 bridgehead atoms. The standard InChI is InChI=1S/C20H38O2/c1(3-5-7-13-19-15-9-11-17-21-19)2-4-6-8-14-20-16-10-12-18-22-20/h19-20H,1-18H2. The third kappa shape index (κ3) is 8.53. The van der Waals surface area contributed by atoms with Gasteiger partial charge >= 0.3 is 0 Å². The molecule has 2 unspecified atom stereocenters. The van der Waals surface area contributed by atoms with Crippen molar-refractivity contribution in [3.05, 3.63) is 0 Å². The maximum absolute atomic E-state index is 5.79. The highest BCUT2D eigenvalue weighted by Gasteiger charge is 2.13. The molecule has 0 radical (unpaired) electrons. The van der Waals surface area contributed by atoms with Crippen LogP contribution >= 0.6 is 0 Å². The van der Waals surface area contributed by atoms with E-state index in [1.807, 2.05) is 0 Å². The predicted molar refractivity (Wildman–Crippen MR) is 93.4 cm³/mol. The summed E-state index contributed by atoms with van der Waals surface area (Å²) in [5.41, 5.74) is 0. The van der Waals surface area contributed by atoms with Gasteiger partial charge in [-0.15, -0.1) is 0 Å². The Hall–Kier alpha value is -0.0800. The summed E-state index contributed by atoms with van der Waals surface area (Å²) in [5.74, 6) is 0. The molecule has 2 atom stereocenters. The zero-order valence-electron chi connectivity index (χ0n) is 14.7. The van der Waals surface area contributed by atoms with Crippen molar-refractivity contribution < 1.29 is 9.47 Å². The average Bonchev–Trinajstić information content (AvgIpc) is 2.58. The largest absolute Gasteiger partial charge is 0.378 e. The van der Waals surface area contributed by atoms with Gasteiger partial charge in [-0.05, 0) is 51.4 Å². The van der Waals surface area contributed by atoms with E-state index in [4.69, 9.17) is 9.47 Å². The third-order valence-electron chi connectivity index (χ3n) is 5.35. The maximum Gasteiger partial charge on any atom is 0.0575 e. The molecule has 2 heteroatoms. The lowest BCUT2D eigenvalue weighted by atomic mass is 10.0. The highest BCUT2D eigenvalue weighted by atomic mass is 16.5. The van der Waals surface area contributed by atoms with Crippen molar-refractivity contribution in [2.24, 2.45) is 0 Å². The fraction of sp³-hybridized carbons (Fsp3) is 1.00. The summed E-state index contributed by atoms with van der Waals surface area (Å²) >= 11 is 0.